The summed E-state index contributed by atoms with van der Waals surface area (Å²) in [5.41, 5.74) is 3.81. The quantitative estimate of drug-likeness (QED) is 0.244. The lowest BCUT2D eigenvalue weighted by Gasteiger charge is -2.11. The molecule has 0 bridgehead atoms. The normalized spacial score (nSPS) is 10.8. The van der Waals surface area contributed by atoms with Crippen molar-refractivity contribution in [3.05, 3.63) is 76.0 Å². The summed E-state index contributed by atoms with van der Waals surface area (Å²) in [7, 11) is 0. The van der Waals surface area contributed by atoms with Crippen molar-refractivity contribution in [1.82, 2.24) is 15.0 Å². The lowest BCUT2D eigenvalue weighted by Crippen LogP contribution is -2.12. The predicted octanol–water partition coefficient (Wildman–Crippen LogP) is 6.41. The van der Waals surface area contributed by atoms with Crippen LogP contribution in [0, 0.1) is 6.92 Å². The fraction of sp³-hybridized carbons (Fsp3) is 0.174. The number of halogens is 2. The molecule has 0 spiro atoms. The zero-order valence-corrected chi connectivity index (χ0v) is 19.3. The smallest absolute Gasteiger partial charge is 0.224 e. The fourth-order valence-corrected chi connectivity index (χ4v) is 3.61. The molecule has 8 heteroatoms. The number of rotatable bonds is 8. The topological polar surface area (TPSA) is 74.8 Å². The zero-order valence-electron chi connectivity index (χ0n) is 17.0. The van der Waals surface area contributed by atoms with E-state index in [0.29, 0.717) is 11.0 Å². The number of fused-ring (bicyclic) bond motifs is 1. The Kier molecular flexibility index (Phi) is 6.84. The van der Waals surface area contributed by atoms with Gasteiger partial charge in [0.15, 0.2) is 0 Å². The van der Waals surface area contributed by atoms with Gasteiger partial charge in [0.05, 0.1) is 5.52 Å². The Bertz CT molecular complexity index is 1180. The van der Waals surface area contributed by atoms with Gasteiger partial charge in [0.1, 0.15) is 5.82 Å². The van der Waals surface area contributed by atoms with Crippen molar-refractivity contribution in [1.29, 1.82) is 0 Å². The number of benzene rings is 2. The van der Waals surface area contributed by atoms with Crippen molar-refractivity contribution in [3.8, 4) is 0 Å². The van der Waals surface area contributed by atoms with Crippen LogP contribution in [-0.2, 0) is 0 Å². The van der Waals surface area contributed by atoms with Crippen molar-refractivity contribution in [2.75, 3.05) is 29.0 Å². The zero-order chi connectivity index (χ0) is 21.6. The van der Waals surface area contributed by atoms with Gasteiger partial charge in [-0.2, -0.15) is 4.98 Å². The highest BCUT2D eigenvalue weighted by atomic mass is 79.9. The lowest BCUT2D eigenvalue weighted by molar-refractivity contribution is 0.893. The molecule has 0 atom stereocenters. The number of nitrogens with zero attached hydrogens (tertiary/aromatic N) is 3. The minimum absolute atomic E-state index is 0.614. The summed E-state index contributed by atoms with van der Waals surface area (Å²) >= 11 is 9.51. The molecular weight excluding hydrogens is 476 g/mol. The molecule has 3 N–H and O–H groups in total. The van der Waals surface area contributed by atoms with Crippen LogP contribution in [0.25, 0.3) is 10.9 Å². The highest BCUT2D eigenvalue weighted by Crippen LogP contribution is 2.24. The van der Waals surface area contributed by atoms with Crippen LogP contribution in [0.2, 0.25) is 5.02 Å². The Hall–Kier alpha value is -2.90. The predicted molar refractivity (Wildman–Crippen MR) is 133 cm³/mol. The van der Waals surface area contributed by atoms with Crippen molar-refractivity contribution in [3.63, 3.8) is 0 Å². The highest BCUT2D eigenvalue weighted by molar-refractivity contribution is 9.10. The van der Waals surface area contributed by atoms with Crippen LogP contribution in [-0.4, -0.2) is 28.0 Å². The monoisotopic (exact) mass is 496 g/mol. The summed E-state index contributed by atoms with van der Waals surface area (Å²) in [5.74, 6) is 1.38. The van der Waals surface area contributed by atoms with E-state index in [1.807, 2.05) is 61.5 Å². The summed E-state index contributed by atoms with van der Waals surface area (Å²) in [6.07, 6.45) is 2.70. The maximum absolute atomic E-state index is 6.06. The van der Waals surface area contributed by atoms with Crippen molar-refractivity contribution in [2.24, 2.45) is 0 Å². The molecule has 0 saturated carbocycles. The maximum atomic E-state index is 6.06. The molecular formula is C23H22BrClN6. The van der Waals surface area contributed by atoms with Gasteiger partial charge >= 0.3 is 0 Å². The summed E-state index contributed by atoms with van der Waals surface area (Å²) in [6.45, 7) is 3.52. The van der Waals surface area contributed by atoms with E-state index in [1.54, 1.807) is 6.20 Å². The van der Waals surface area contributed by atoms with Crippen molar-refractivity contribution < 1.29 is 0 Å². The van der Waals surface area contributed by atoms with E-state index in [2.05, 4.69) is 46.8 Å². The number of aryl methyl sites for hydroxylation is 1. The Morgan fingerprint density at radius 3 is 2.58 bits per heavy atom. The van der Waals surface area contributed by atoms with Crippen LogP contribution in [0.15, 0.2) is 65.3 Å². The molecule has 2 aromatic carbocycles. The van der Waals surface area contributed by atoms with Crippen LogP contribution in [0.5, 0.6) is 0 Å². The number of pyridine rings is 1. The first-order valence-electron chi connectivity index (χ1n) is 9.97. The Morgan fingerprint density at radius 2 is 1.74 bits per heavy atom. The summed E-state index contributed by atoms with van der Waals surface area (Å²) < 4.78 is 1.04. The molecule has 0 fully saturated rings. The van der Waals surface area contributed by atoms with Gasteiger partial charge in [-0.05, 0) is 61.9 Å². The first kappa shape index (κ1) is 21.3. The second-order valence-corrected chi connectivity index (χ2v) is 8.43. The Morgan fingerprint density at radius 1 is 0.935 bits per heavy atom. The molecule has 2 heterocycles. The first-order chi connectivity index (χ1) is 15.1. The summed E-state index contributed by atoms with van der Waals surface area (Å²) in [5, 5.41) is 11.9. The molecule has 0 radical (unpaired) electrons. The van der Waals surface area contributed by atoms with Gasteiger partial charge in [0.2, 0.25) is 5.95 Å². The SMILES string of the molecule is Cc1cc(Nc2ccc(Br)cc2)nc(NCCCNc2ccnc3cc(Cl)ccc23)n1. The van der Waals surface area contributed by atoms with Crippen molar-refractivity contribution in [2.45, 2.75) is 13.3 Å². The average Bonchev–Trinajstić information content (AvgIpc) is 2.74. The lowest BCUT2D eigenvalue weighted by atomic mass is 10.2. The molecule has 31 heavy (non-hydrogen) atoms. The minimum atomic E-state index is 0.614. The first-order valence-corrected chi connectivity index (χ1v) is 11.1. The molecule has 0 aliphatic rings. The molecule has 2 aromatic heterocycles. The van der Waals surface area contributed by atoms with Gasteiger partial charge in [-0.25, -0.2) is 4.98 Å². The third-order valence-corrected chi connectivity index (χ3v) is 5.39. The number of anilines is 4. The fourth-order valence-electron chi connectivity index (χ4n) is 3.18. The van der Waals surface area contributed by atoms with E-state index >= 15 is 0 Å². The standard InChI is InChI=1S/C23H22BrClN6/c1-15-13-22(30-18-6-3-16(24)4-7-18)31-23(29-15)28-11-2-10-26-20-9-12-27-21-14-17(25)5-8-19(20)21/h3-9,12-14H,2,10-11H2,1H3,(H,26,27)(H2,28,29,30,31). The van der Waals surface area contributed by atoms with Gasteiger partial charge in [0, 0.05) is 57.3 Å². The van der Waals surface area contributed by atoms with E-state index in [-0.39, 0.29) is 0 Å². The Labute approximate surface area is 194 Å². The van der Waals surface area contributed by atoms with E-state index < -0.39 is 0 Å². The molecule has 0 amide bonds. The van der Waals surface area contributed by atoms with Crippen LogP contribution >= 0.6 is 27.5 Å². The second kappa shape index (κ2) is 9.94. The van der Waals surface area contributed by atoms with E-state index in [4.69, 9.17) is 11.6 Å². The van der Waals surface area contributed by atoms with Gasteiger partial charge in [0.25, 0.3) is 0 Å². The third-order valence-electron chi connectivity index (χ3n) is 4.63. The number of aromatic nitrogens is 3. The maximum Gasteiger partial charge on any atom is 0.224 e. The summed E-state index contributed by atoms with van der Waals surface area (Å²) in [6, 6.07) is 17.6. The van der Waals surface area contributed by atoms with Gasteiger partial charge < -0.3 is 16.0 Å². The van der Waals surface area contributed by atoms with Crippen LogP contribution in [0.1, 0.15) is 12.1 Å². The minimum Gasteiger partial charge on any atom is -0.384 e. The molecule has 0 saturated heterocycles. The Balaban J connectivity index is 1.31. The summed E-state index contributed by atoms with van der Waals surface area (Å²) in [4.78, 5) is 13.4. The third kappa shape index (κ3) is 5.83. The largest absolute Gasteiger partial charge is 0.384 e. The van der Waals surface area contributed by atoms with E-state index in [0.717, 1.165) is 57.8 Å². The molecule has 4 rings (SSSR count). The van der Waals surface area contributed by atoms with E-state index in [9.17, 15) is 0 Å². The second-order valence-electron chi connectivity index (χ2n) is 7.08. The molecule has 0 aliphatic carbocycles. The number of nitrogens with one attached hydrogen (secondary N) is 3. The molecule has 6 nitrogen and oxygen atoms in total. The molecule has 0 unspecified atom stereocenters. The number of hydrogen-bond acceptors (Lipinski definition) is 6. The van der Waals surface area contributed by atoms with Gasteiger partial charge in [-0.1, -0.05) is 27.5 Å². The van der Waals surface area contributed by atoms with Gasteiger partial charge in [-0.15, -0.1) is 0 Å². The highest BCUT2D eigenvalue weighted by Gasteiger charge is 2.04. The average molecular weight is 498 g/mol. The van der Waals surface area contributed by atoms with Crippen LogP contribution < -0.4 is 16.0 Å². The molecule has 158 valence electrons. The van der Waals surface area contributed by atoms with Crippen LogP contribution in [0.3, 0.4) is 0 Å². The molecule has 0 aliphatic heterocycles. The van der Waals surface area contributed by atoms with Gasteiger partial charge in [-0.3, -0.25) is 4.98 Å². The van der Waals surface area contributed by atoms with Crippen LogP contribution in [0.4, 0.5) is 23.1 Å². The van der Waals surface area contributed by atoms with E-state index in [1.165, 1.54) is 0 Å². The van der Waals surface area contributed by atoms with Crippen molar-refractivity contribution >= 4 is 61.6 Å². The molecule has 4 aromatic rings. The number of hydrogen-bond donors (Lipinski definition) is 3.